The first kappa shape index (κ1) is 31.3. The van der Waals surface area contributed by atoms with Crippen molar-refractivity contribution >= 4 is 34.4 Å². The average Bonchev–Trinajstić information content (AvgIpc) is 3.39. The fourth-order valence-electron chi connectivity index (χ4n) is 5.19. The summed E-state index contributed by atoms with van der Waals surface area (Å²) in [5, 5.41) is 12.8. The minimum atomic E-state index is -0.642. The van der Waals surface area contributed by atoms with Crippen molar-refractivity contribution in [1.29, 1.82) is 5.26 Å². The van der Waals surface area contributed by atoms with E-state index in [0.29, 0.717) is 23.0 Å². The fraction of sp³-hybridized carbons (Fsp3) is 0.515. The highest BCUT2D eigenvalue weighted by molar-refractivity contribution is 7.17. The van der Waals surface area contributed by atoms with Crippen LogP contribution in [0.1, 0.15) is 90.9 Å². The SMILES string of the molecule is CCCCC(CC)CN(CC(CC)CCCC)c1nc(-c2ccccc2)c(/C=C2\C(=O)NC(=O)C(C#N)=C2C)s1. The number of hydrogen-bond acceptors (Lipinski definition) is 6. The zero-order valence-corrected chi connectivity index (χ0v) is 25.6. The summed E-state index contributed by atoms with van der Waals surface area (Å²) in [6.45, 7) is 12.6. The number of nitrogens with one attached hydrogen (secondary N) is 1. The van der Waals surface area contributed by atoms with E-state index in [1.807, 2.05) is 36.4 Å². The molecule has 0 saturated carbocycles. The Labute approximate surface area is 244 Å². The van der Waals surface area contributed by atoms with Gasteiger partial charge in [-0.25, -0.2) is 4.98 Å². The monoisotopic (exact) mass is 560 g/mol. The molecule has 2 heterocycles. The molecule has 0 radical (unpaired) electrons. The minimum Gasteiger partial charge on any atom is -0.348 e. The molecule has 1 aliphatic heterocycles. The number of rotatable bonds is 15. The van der Waals surface area contributed by atoms with Crippen molar-refractivity contribution in [2.75, 3.05) is 18.0 Å². The number of nitrogens with zero attached hydrogens (tertiary/aromatic N) is 3. The van der Waals surface area contributed by atoms with E-state index >= 15 is 0 Å². The van der Waals surface area contributed by atoms with E-state index in [4.69, 9.17) is 4.98 Å². The van der Waals surface area contributed by atoms with Crippen LogP contribution in [0, 0.1) is 23.2 Å². The number of hydrogen-bond donors (Lipinski definition) is 1. The Balaban J connectivity index is 2.12. The van der Waals surface area contributed by atoms with Gasteiger partial charge in [0.2, 0.25) is 0 Å². The van der Waals surface area contributed by atoms with Crippen molar-refractivity contribution < 1.29 is 9.59 Å². The van der Waals surface area contributed by atoms with Crippen molar-refractivity contribution in [3.05, 3.63) is 51.9 Å². The third-order valence-corrected chi connectivity index (χ3v) is 8.93. The van der Waals surface area contributed by atoms with Gasteiger partial charge in [0, 0.05) is 24.2 Å². The molecule has 214 valence electrons. The first-order valence-electron chi connectivity index (χ1n) is 14.9. The molecule has 1 aromatic heterocycles. The van der Waals surface area contributed by atoms with Crippen LogP contribution in [-0.2, 0) is 9.59 Å². The quantitative estimate of drug-likeness (QED) is 0.177. The van der Waals surface area contributed by atoms with E-state index in [-0.39, 0.29) is 5.57 Å². The second-order valence-electron chi connectivity index (χ2n) is 10.8. The van der Waals surface area contributed by atoms with Crippen LogP contribution in [0.25, 0.3) is 17.3 Å². The van der Waals surface area contributed by atoms with Gasteiger partial charge in [0.1, 0.15) is 11.6 Å². The largest absolute Gasteiger partial charge is 0.348 e. The van der Waals surface area contributed by atoms with Gasteiger partial charge in [0.25, 0.3) is 11.8 Å². The molecule has 0 bridgehead atoms. The third kappa shape index (κ3) is 7.91. The predicted octanol–water partition coefficient (Wildman–Crippen LogP) is 7.93. The summed E-state index contributed by atoms with van der Waals surface area (Å²) in [6.07, 6.45) is 11.3. The number of aromatic nitrogens is 1. The van der Waals surface area contributed by atoms with Crippen molar-refractivity contribution in [3.63, 3.8) is 0 Å². The Morgan fingerprint density at radius 2 is 1.57 bits per heavy atom. The lowest BCUT2D eigenvalue weighted by Crippen LogP contribution is -2.37. The topological polar surface area (TPSA) is 86.1 Å². The highest BCUT2D eigenvalue weighted by Gasteiger charge is 2.29. The van der Waals surface area contributed by atoms with Crippen LogP contribution >= 0.6 is 11.3 Å². The summed E-state index contributed by atoms with van der Waals surface area (Å²) in [4.78, 5) is 33.6. The van der Waals surface area contributed by atoms with Gasteiger partial charge < -0.3 is 4.90 Å². The molecule has 0 spiro atoms. The Kier molecular flexibility index (Phi) is 12.1. The van der Waals surface area contributed by atoms with Crippen molar-refractivity contribution in [2.45, 2.75) is 86.0 Å². The summed E-state index contributed by atoms with van der Waals surface area (Å²) in [7, 11) is 0. The van der Waals surface area contributed by atoms with E-state index < -0.39 is 11.8 Å². The number of carbonyl (C=O) groups is 2. The van der Waals surface area contributed by atoms with Crippen LogP contribution in [0.4, 0.5) is 5.13 Å². The second kappa shape index (κ2) is 15.5. The molecular formula is C33H44N4O2S. The fourth-order valence-corrected chi connectivity index (χ4v) is 6.24. The van der Waals surface area contributed by atoms with Crippen LogP contribution < -0.4 is 10.2 Å². The summed E-state index contributed by atoms with van der Waals surface area (Å²) in [6, 6.07) is 12.0. The highest BCUT2D eigenvalue weighted by Crippen LogP contribution is 2.37. The lowest BCUT2D eigenvalue weighted by molar-refractivity contribution is -0.126. The molecule has 0 fully saturated rings. The Morgan fingerprint density at radius 1 is 0.975 bits per heavy atom. The minimum absolute atomic E-state index is 0.0260. The maximum absolute atomic E-state index is 12.9. The van der Waals surface area contributed by atoms with Gasteiger partial charge in [-0.2, -0.15) is 5.26 Å². The van der Waals surface area contributed by atoms with Gasteiger partial charge >= 0.3 is 0 Å². The number of thiazole rings is 1. The highest BCUT2D eigenvalue weighted by atomic mass is 32.1. The second-order valence-corrected chi connectivity index (χ2v) is 11.8. The van der Waals surface area contributed by atoms with Crippen molar-refractivity contribution in [2.24, 2.45) is 11.8 Å². The van der Waals surface area contributed by atoms with Gasteiger partial charge in [-0.1, -0.05) is 108 Å². The zero-order valence-electron chi connectivity index (χ0n) is 24.8. The van der Waals surface area contributed by atoms with E-state index in [1.165, 1.54) is 38.5 Å². The van der Waals surface area contributed by atoms with E-state index in [1.54, 1.807) is 24.3 Å². The smallest absolute Gasteiger partial charge is 0.269 e. The Hall–Kier alpha value is -3.24. The average molecular weight is 561 g/mol. The molecule has 2 unspecified atom stereocenters. The summed E-state index contributed by atoms with van der Waals surface area (Å²) in [5.74, 6) is 0.0570. The number of unbranched alkanes of at least 4 members (excludes halogenated alkanes) is 2. The third-order valence-electron chi connectivity index (χ3n) is 7.87. The molecule has 3 rings (SSSR count). The number of amides is 2. The number of nitriles is 1. The first-order chi connectivity index (χ1) is 19.4. The van der Waals surface area contributed by atoms with Crippen LogP contribution in [0.15, 0.2) is 47.1 Å². The lowest BCUT2D eigenvalue weighted by atomic mass is 9.96. The summed E-state index contributed by atoms with van der Waals surface area (Å²) in [5.41, 5.74) is 2.50. The van der Waals surface area contributed by atoms with Crippen LogP contribution in [0.2, 0.25) is 0 Å². The summed E-state index contributed by atoms with van der Waals surface area (Å²) < 4.78 is 0. The number of imide groups is 1. The van der Waals surface area contributed by atoms with Crippen LogP contribution in [0.5, 0.6) is 0 Å². The molecule has 2 atom stereocenters. The standard InChI is InChI=1S/C33H44N4O2S/c1-6-10-15-24(8-3)21-37(22-25(9-4)16-11-7-2)33-35-30(26-17-13-12-14-18-26)29(40-33)19-27-23(5)28(20-34)32(39)36-31(27)38/h12-14,17-19,24-25H,6-11,15-16,21-22H2,1-5H3,(H,36,38,39)/b27-19-. The molecule has 1 aromatic carbocycles. The number of carbonyl (C=O) groups excluding carboxylic acids is 2. The maximum Gasteiger partial charge on any atom is 0.269 e. The van der Waals surface area contributed by atoms with E-state index in [9.17, 15) is 14.9 Å². The first-order valence-corrected chi connectivity index (χ1v) is 15.7. The summed E-state index contributed by atoms with van der Waals surface area (Å²) >= 11 is 1.59. The van der Waals surface area contributed by atoms with Crippen LogP contribution in [-0.4, -0.2) is 29.9 Å². The number of anilines is 1. The molecule has 7 heteroatoms. The van der Waals surface area contributed by atoms with Crippen molar-refractivity contribution in [3.8, 4) is 17.3 Å². The molecule has 0 saturated heterocycles. The van der Waals surface area contributed by atoms with Gasteiger partial charge in [0.05, 0.1) is 10.6 Å². The van der Waals surface area contributed by atoms with Crippen molar-refractivity contribution in [1.82, 2.24) is 10.3 Å². The molecule has 0 aliphatic carbocycles. The molecule has 1 N–H and O–H groups in total. The molecule has 2 aromatic rings. The van der Waals surface area contributed by atoms with E-state index in [2.05, 4.69) is 37.9 Å². The molecule has 40 heavy (non-hydrogen) atoms. The zero-order chi connectivity index (χ0) is 29.1. The molecule has 6 nitrogen and oxygen atoms in total. The maximum atomic E-state index is 12.9. The van der Waals surface area contributed by atoms with Crippen LogP contribution in [0.3, 0.4) is 0 Å². The van der Waals surface area contributed by atoms with Gasteiger partial charge in [-0.15, -0.1) is 0 Å². The Morgan fingerprint density at radius 3 is 2.10 bits per heavy atom. The molecule has 2 amide bonds. The normalized spacial score (nSPS) is 16.1. The van der Waals surface area contributed by atoms with Gasteiger partial charge in [0.15, 0.2) is 5.13 Å². The number of benzene rings is 1. The molecule has 1 aliphatic rings. The molecular weight excluding hydrogens is 516 g/mol. The van der Waals surface area contributed by atoms with Gasteiger partial charge in [-0.05, 0) is 43.3 Å². The lowest BCUT2D eigenvalue weighted by Gasteiger charge is -2.30. The Bertz CT molecular complexity index is 1240. The van der Waals surface area contributed by atoms with E-state index in [0.717, 1.165) is 47.2 Å². The predicted molar refractivity (Wildman–Crippen MR) is 166 cm³/mol. The van der Waals surface area contributed by atoms with Gasteiger partial charge in [-0.3, -0.25) is 14.9 Å².